The molecule has 2 aliphatic rings. The number of esters is 2. The third-order valence-corrected chi connectivity index (χ3v) is 8.40. The van der Waals surface area contributed by atoms with Crippen LogP contribution in [0.3, 0.4) is 0 Å². The van der Waals surface area contributed by atoms with E-state index >= 15 is 0 Å². The SMILES string of the molecule is COC(=O)C(CN1C(=O)c2ccccc2C1=O)c1ccc(C)cc1.COC(=O)Cc1ccc(C)cc1.O=C1c2ccccc2C(=O)N1CBr. The largest absolute Gasteiger partial charge is 0.469 e. The second-order valence-electron chi connectivity index (χ2n) is 11.2. The monoisotopic (exact) mass is 726 g/mol. The van der Waals surface area contributed by atoms with Crippen molar-refractivity contribution in [1.82, 2.24) is 9.80 Å². The summed E-state index contributed by atoms with van der Waals surface area (Å²) >= 11 is 3.10. The van der Waals surface area contributed by atoms with Crippen molar-refractivity contribution >= 4 is 51.5 Å². The number of aryl methyl sites for hydroxylation is 2. The molecule has 0 aromatic heterocycles. The Morgan fingerprint density at radius 3 is 1.41 bits per heavy atom. The van der Waals surface area contributed by atoms with Crippen molar-refractivity contribution in [1.29, 1.82) is 0 Å². The number of amides is 4. The summed E-state index contributed by atoms with van der Waals surface area (Å²) in [5.74, 6) is -2.59. The fourth-order valence-electron chi connectivity index (χ4n) is 5.14. The van der Waals surface area contributed by atoms with Crippen LogP contribution in [-0.2, 0) is 25.5 Å². The van der Waals surface area contributed by atoms with Crippen molar-refractivity contribution < 1.29 is 38.2 Å². The van der Waals surface area contributed by atoms with Crippen molar-refractivity contribution in [3.05, 3.63) is 142 Å². The molecule has 6 rings (SSSR count). The average Bonchev–Trinajstić information content (AvgIpc) is 3.52. The first-order valence-corrected chi connectivity index (χ1v) is 16.4. The van der Waals surface area contributed by atoms with Crippen molar-refractivity contribution in [2.24, 2.45) is 0 Å². The van der Waals surface area contributed by atoms with Gasteiger partial charge in [-0.25, -0.2) is 0 Å². The molecule has 0 spiro atoms. The number of ether oxygens (including phenoxy) is 2. The number of methoxy groups -OCH3 is 2. The molecule has 0 radical (unpaired) electrons. The van der Waals surface area contributed by atoms with Gasteiger partial charge in [-0.15, -0.1) is 0 Å². The topological polar surface area (TPSA) is 127 Å². The van der Waals surface area contributed by atoms with E-state index in [2.05, 4.69) is 20.7 Å². The molecule has 11 heteroatoms. The number of halogens is 1. The van der Waals surface area contributed by atoms with E-state index in [1.165, 1.54) is 24.7 Å². The molecular formula is C38H35BrN2O8. The Labute approximate surface area is 292 Å². The zero-order valence-corrected chi connectivity index (χ0v) is 29.1. The van der Waals surface area contributed by atoms with Crippen LogP contribution in [0.25, 0.3) is 0 Å². The molecule has 1 atom stereocenters. The van der Waals surface area contributed by atoms with Crippen LogP contribution in [0.4, 0.5) is 0 Å². The fourth-order valence-corrected chi connectivity index (χ4v) is 5.59. The quantitative estimate of drug-likeness (QED) is 0.0999. The minimum absolute atomic E-state index is 0.0396. The van der Waals surface area contributed by atoms with Crippen LogP contribution in [0.1, 0.15) is 69.6 Å². The fraction of sp³-hybridized carbons (Fsp3) is 0.211. The van der Waals surface area contributed by atoms with E-state index in [1.54, 1.807) is 48.5 Å². The van der Waals surface area contributed by atoms with E-state index in [0.717, 1.165) is 16.0 Å². The number of hydrogen-bond donors (Lipinski definition) is 0. The van der Waals surface area contributed by atoms with Gasteiger partial charge in [0.1, 0.15) is 0 Å². The molecule has 0 N–H and O–H groups in total. The molecule has 0 bridgehead atoms. The number of nitrogens with zero attached hydrogens (tertiary/aromatic N) is 2. The lowest BCUT2D eigenvalue weighted by molar-refractivity contribution is -0.142. The van der Waals surface area contributed by atoms with Crippen LogP contribution in [0, 0.1) is 13.8 Å². The molecule has 0 aliphatic carbocycles. The predicted octanol–water partition coefficient (Wildman–Crippen LogP) is 5.89. The normalized spacial score (nSPS) is 13.4. The van der Waals surface area contributed by atoms with E-state index in [9.17, 15) is 28.8 Å². The maximum atomic E-state index is 12.5. The molecule has 4 aromatic carbocycles. The lowest BCUT2D eigenvalue weighted by Gasteiger charge is -2.21. The van der Waals surface area contributed by atoms with E-state index in [-0.39, 0.29) is 41.6 Å². The van der Waals surface area contributed by atoms with Gasteiger partial charge in [0.15, 0.2) is 0 Å². The molecule has 2 aliphatic heterocycles. The minimum atomic E-state index is -0.710. The highest BCUT2D eigenvalue weighted by Gasteiger charge is 2.38. The Hall–Kier alpha value is -5.42. The number of rotatable bonds is 7. The van der Waals surface area contributed by atoms with Crippen molar-refractivity contribution in [3.63, 3.8) is 0 Å². The molecule has 0 saturated heterocycles. The Kier molecular flexibility index (Phi) is 12.3. The summed E-state index contributed by atoms with van der Waals surface area (Å²) < 4.78 is 9.41. The standard InChI is InChI=1S/C19H17NO4.C10H12O2.C9H6BrNO2/c1-12-7-9-13(10-8-12)16(19(23)24-2)11-20-17(21)14-5-3-4-6-15(14)18(20)22;1-8-3-5-9(6-4-8)7-10(11)12-2;10-5-11-8(12)6-3-1-2-4-7(6)9(11)13/h3-10,16H,11H2,1-2H3;3-6H,7H2,1-2H3;1-4H,5H2. The van der Waals surface area contributed by atoms with Gasteiger partial charge < -0.3 is 9.47 Å². The lowest BCUT2D eigenvalue weighted by Crippen LogP contribution is -2.36. The molecule has 49 heavy (non-hydrogen) atoms. The zero-order chi connectivity index (χ0) is 35.7. The van der Waals surface area contributed by atoms with E-state index in [0.29, 0.717) is 34.2 Å². The molecule has 4 amide bonds. The highest BCUT2D eigenvalue weighted by Crippen LogP contribution is 2.27. The molecular weight excluding hydrogens is 692 g/mol. The number of imide groups is 2. The Morgan fingerprint density at radius 1 is 0.612 bits per heavy atom. The van der Waals surface area contributed by atoms with Crippen molar-refractivity contribution in [2.45, 2.75) is 26.2 Å². The van der Waals surface area contributed by atoms with Crippen LogP contribution in [0.5, 0.6) is 0 Å². The van der Waals surface area contributed by atoms with Crippen LogP contribution < -0.4 is 0 Å². The molecule has 0 fully saturated rings. The second kappa shape index (κ2) is 16.6. The van der Waals surface area contributed by atoms with Gasteiger partial charge in [-0.2, -0.15) is 0 Å². The number of benzene rings is 4. The molecule has 0 saturated carbocycles. The maximum absolute atomic E-state index is 12.5. The number of carbonyl (C=O) groups excluding carboxylic acids is 6. The smallest absolute Gasteiger partial charge is 0.314 e. The van der Waals surface area contributed by atoms with Gasteiger partial charge in [0, 0.05) is 6.54 Å². The summed E-state index contributed by atoms with van der Waals surface area (Å²) in [5.41, 5.74) is 5.94. The Morgan fingerprint density at radius 2 is 1.02 bits per heavy atom. The molecule has 252 valence electrons. The number of hydrogen-bond acceptors (Lipinski definition) is 8. The number of alkyl halides is 1. The summed E-state index contributed by atoms with van der Waals surface area (Å²) in [7, 11) is 2.70. The number of carbonyl (C=O) groups is 6. The summed E-state index contributed by atoms with van der Waals surface area (Å²) in [6.07, 6.45) is 0.358. The van der Waals surface area contributed by atoms with Gasteiger partial charge in [-0.3, -0.25) is 38.6 Å². The highest BCUT2D eigenvalue weighted by atomic mass is 79.9. The van der Waals surface area contributed by atoms with Crippen LogP contribution in [0.2, 0.25) is 0 Å². The van der Waals surface area contributed by atoms with Gasteiger partial charge in [-0.05, 0) is 49.2 Å². The predicted molar refractivity (Wildman–Crippen MR) is 185 cm³/mol. The van der Waals surface area contributed by atoms with E-state index < -0.39 is 11.9 Å². The van der Waals surface area contributed by atoms with Gasteiger partial charge in [0.2, 0.25) is 0 Å². The van der Waals surface area contributed by atoms with Crippen molar-refractivity contribution in [3.8, 4) is 0 Å². The second-order valence-corrected chi connectivity index (χ2v) is 11.7. The van der Waals surface area contributed by atoms with Gasteiger partial charge in [0.05, 0.1) is 54.3 Å². The lowest BCUT2D eigenvalue weighted by atomic mass is 9.97. The van der Waals surface area contributed by atoms with Gasteiger partial charge >= 0.3 is 11.9 Å². The van der Waals surface area contributed by atoms with Crippen LogP contribution in [0.15, 0.2) is 97.1 Å². The van der Waals surface area contributed by atoms with Gasteiger partial charge in [-0.1, -0.05) is 99.9 Å². The first-order valence-electron chi connectivity index (χ1n) is 15.2. The van der Waals surface area contributed by atoms with E-state index in [4.69, 9.17) is 4.74 Å². The summed E-state index contributed by atoms with van der Waals surface area (Å²) in [6, 6.07) is 28.7. The maximum Gasteiger partial charge on any atom is 0.314 e. The van der Waals surface area contributed by atoms with Crippen LogP contribution in [-0.4, -0.2) is 71.6 Å². The Balaban J connectivity index is 0.000000182. The summed E-state index contributed by atoms with van der Waals surface area (Å²) in [5, 5.41) is 0. The van der Waals surface area contributed by atoms with Gasteiger partial charge in [0.25, 0.3) is 23.6 Å². The summed E-state index contributed by atoms with van der Waals surface area (Å²) in [4.78, 5) is 73.3. The Bertz CT molecular complexity index is 1800. The minimum Gasteiger partial charge on any atom is -0.469 e. The zero-order valence-electron chi connectivity index (χ0n) is 27.5. The number of fused-ring (bicyclic) bond motifs is 2. The third-order valence-electron chi connectivity index (χ3n) is 7.90. The highest BCUT2D eigenvalue weighted by molar-refractivity contribution is 9.09. The van der Waals surface area contributed by atoms with E-state index in [1.807, 2.05) is 62.4 Å². The molecule has 10 nitrogen and oxygen atoms in total. The van der Waals surface area contributed by atoms with Crippen LogP contribution >= 0.6 is 15.9 Å². The summed E-state index contributed by atoms with van der Waals surface area (Å²) in [6.45, 7) is 3.92. The van der Waals surface area contributed by atoms with Crippen molar-refractivity contribution in [2.75, 3.05) is 26.2 Å². The third kappa shape index (κ3) is 8.55. The molecule has 4 aromatic rings. The molecule has 1 unspecified atom stereocenters. The molecule has 2 heterocycles. The first kappa shape index (κ1) is 36.4. The average molecular weight is 728 g/mol. The first-order chi connectivity index (χ1) is 23.5.